The summed E-state index contributed by atoms with van der Waals surface area (Å²) in [7, 11) is 0. The topological polar surface area (TPSA) is 85.0 Å². The molecule has 23 heavy (non-hydrogen) atoms. The first kappa shape index (κ1) is 14.7. The van der Waals surface area contributed by atoms with Crippen molar-refractivity contribution in [3.05, 3.63) is 22.3 Å². The number of likely N-dealkylation sites (tertiary alicyclic amines) is 1. The van der Waals surface area contributed by atoms with Gasteiger partial charge in [0.2, 0.25) is 5.89 Å². The van der Waals surface area contributed by atoms with Gasteiger partial charge in [0.05, 0.1) is 5.69 Å². The van der Waals surface area contributed by atoms with Crippen LogP contribution in [0, 0.1) is 12.8 Å². The fourth-order valence-electron chi connectivity index (χ4n) is 3.09. The van der Waals surface area contributed by atoms with Crippen molar-refractivity contribution < 1.29 is 9.32 Å². The van der Waals surface area contributed by atoms with Gasteiger partial charge in [-0.3, -0.25) is 4.79 Å². The number of carbonyl (C=O) groups is 1. The Bertz CT molecular complexity index is 708. The smallest absolute Gasteiger partial charge is 0.267 e. The molecular weight excluding hydrogens is 314 g/mol. The molecule has 0 bridgehead atoms. The van der Waals surface area contributed by atoms with Gasteiger partial charge in [-0.2, -0.15) is 4.98 Å². The number of hydrogen-bond acceptors (Lipinski definition) is 7. The number of rotatable bonds is 4. The van der Waals surface area contributed by atoms with Crippen molar-refractivity contribution >= 4 is 17.4 Å². The van der Waals surface area contributed by atoms with E-state index in [2.05, 4.69) is 19.7 Å². The first-order valence-electron chi connectivity index (χ1n) is 8.11. The summed E-state index contributed by atoms with van der Waals surface area (Å²) >= 11 is 1.18. The van der Waals surface area contributed by atoms with E-state index in [1.54, 1.807) is 0 Å². The molecule has 1 saturated heterocycles. The van der Waals surface area contributed by atoms with E-state index in [0.29, 0.717) is 28.3 Å². The lowest BCUT2D eigenvalue weighted by Gasteiger charge is -2.31. The third-order valence-corrected chi connectivity index (χ3v) is 5.36. The van der Waals surface area contributed by atoms with E-state index < -0.39 is 0 Å². The average molecular weight is 333 g/mol. The molecule has 2 aliphatic rings. The number of aryl methyl sites for hydroxylation is 1. The zero-order chi connectivity index (χ0) is 15.8. The Labute approximate surface area is 138 Å². The Morgan fingerprint density at radius 2 is 2.26 bits per heavy atom. The second-order valence-electron chi connectivity index (χ2n) is 6.47. The largest absolute Gasteiger partial charge is 0.339 e. The lowest BCUT2D eigenvalue weighted by molar-refractivity contribution is 0.0672. The number of carbonyl (C=O) groups excluding carboxylic acids is 1. The van der Waals surface area contributed by atoms with Gasteiger partial charge in [-0.1, -0.05) is 9.64 Å². The van der Waals surface area contributed by atoms with Crippen LogP contribution < -0.4 is 0 Å². The number of amides is 1. The minimum Gasteiger partial charge on any atom is -0.339 e. The summed E-state index contributed by atoms with van der Waals surface area (Å²) in [5, 5.41) is 8.00. The molecule has 4 rings (SSSR count). The Hall–Kier alpha value is -1.83. The van der Waals surface area contributed by atoms with Crippen LogP contribution in [0.5, 0.6) is 0 Å². The molecule has 1 atom stereocenters. The second kappa shape index (κ2) is 5.99. The van der Waals surface area contributed by atoms with Gasteiger partial charge in [0, 0.05) is 25.4 Å². The molecule has 0 spiro atoms. The van der Waals surface area contributed by atoms with Crippen molar-refractivity contribution in [3.63, 3.8) is 0 Å². The fourth-order valence-corrected chi connectivity index (χ4v) is 3.72. The quantitative estimate of drug-likeness (QED) is 0.853. The molecule has 0 aromatic carbocycles. The van der Waals surface area contributed by atoms with Crippen LogP contribution in [0.4, 0.5) is 0 Å². The van der Waals surface area contributed by atoms with Gasteiger partial charge < -0.3 is 9.42 Å². The van der Waals surface area contributed by atoms with Crippen LogP contribution in [0.15, 0.2) is 4.52 Å². The molecule has 2 fully saturated rings. The van der Waals surface area contributed by atoms with Crippen molar-refractivity contribution in [1.29, 1.82) is 0 Å². The van der Waals surface area contributed by atoms with Crippen LogP contribution in [-0.2, 0) is 6.42 Å². The summed E-state index contributed by atoms with van der Waals surface area (Å²) in [5.74, 6) is 2.50. The first-order chi connectivity index (χ1) is 11.2. The molecule has 2 aromatic rings. The normalized spacial score (nSPS) is 21.6. The van der Waals surface area contributed by atoms with Crippen LogP contribution in [-0.4, -0.2) is 43.6 Å². The van der Waals surface area contributed by atoms with Gasteiger partial charge in [0.1, 0.15) is 4.88 Å². The summed E-state index contributed by atoms with van der Waals surface area (Å²) in [6.07, 6.45) is 5.19. The second-order valence-corrected chi connectivity index (χ2v) is 7.23. The van der Waals surface area contributed by atoms with Crippen LogP contribution in [0.25, 0.3) is 0 Å². The molecule has 122 valence electrons. The van der Waals surface area contributed by atoms with Crippen molar-refractivity contribution in [2.75, 3.05) is 13.1 Å². The van der Waals surface area contributed by atoms with E-state index >= 15 is 0 Å². The maximum Gasteiger partial charge on any atom is 0.267 e. The van der Waals surface area contributed by atoms with Crippen molar-refractivity contribution in [1.82, 2.24) is 24.6 Å². The molecule has 8 heteroatoms. The Morgan fingerprint density at radius 3 is 3.00 bits per heavy atom. The third-order valence-electron chi connectivity index (χ3n) is 4.54. The van der Waals surface area contributed by atoms with Crippen molar-refractivity contribution in [3.8, 4) is 0 Å². The number of hydrogen-bond donors (Lipinski definition) is 0. The lowest BCUT2D eigenvalue weighted by Crippen LogP contribution is -2.40. The van der Waals surface area contributed by atoms with Crippen molar-refractivity contribution in [2.24, 2.45) is 5.92 Å². The van der Waals surface area contributed by atoms with E-state index in [1.807, 2.05) is 11.8 Å². The number of nitrogens with zero attached hydrogens (tertiary/aromatic N) is 5. The summed E-state index contributed by atoms with van der Waals surface area (Å²) < 4.78 is 9.23. The molecule has 1 saturated carbocycles. The number of aromatic nitrogens is 4. The zero-order valence-electron chi connectivity index (χ0n) is 13.1. The average Bonchev–Trinajstić information content (AvgIpc) is 3.16. The van der Waals surface area contributed by atoms with E-state index in [0.717, 1.165) is 38.2 Å². The van der Waals surface area contributed by atoms with Gasteiger partial charge in [-0.15, -0.1) is 5.10 Å². The predicted molar refractivity (Wildman–Crippen MR) is 83.3 cm³/mol. The highest BCUT2D eigenvalue weighted by Gasteiger charge is 2.31. The third kappa shape index (κ3) is 3.12. The summed E-state index contributed by atoms with van der Waals surface area (Å²) in [5.41, 5.74) is 0.716. The van der Waals surface area contributed by atoms with Gasteiger partial charge in [-0.05, 0) is 50.1 Å². The number of piperidine rings is 1. The highest BCUT2D eigenvalue weighted by atomic mass is 32.1. The minimum absolute atomic E-state index is 0.0476. The maximum absolute atomic E-state index is 12.6. The van der Waals surface area contributed by atoms with Gasteiger partial charge in [0.15, 0.2) is 5.82 Å². The molecule has 7 nitrogen and oxygen atoms in total. The summed E-state index contributed by atoms with van der Waals surface area (Å²) in [4.78, 5) is 19.7. The van der Waals surface area contributed by atoms with Crippen LogP contribution in [0.1, 0.15) is 58.7 Å². The van der Waals surface area contributed by atoms with Crippen LogP contribution in [0.2, 0.25) is 0 Å². The summed E-state index contributed by atoms with van der Waals surface area (Å²) in [6.45, 7) is 3.36. The van der Waals surface area contributed by atoms with E-state index in [1.165, 1.54) is 24.4 Å². The van der Waals surface area contributed by atoms with Gasteiger partial charge in [0.25, 0.3) is 5.91 Å². The Morgan fingerprint density at radius 1 is 1.39 bits per heavy atom. The monoisotopic (exact) mass is 333 g/mol. The standard InChI is InChI=1S/C15H19N5O2S/c1-9-13(23-19-17-9)15(21)20-6-2-3-10(8-20)7-12-16-14(18-22-12)11-4-5-11/h10-11H,2-8H2,1H3/t10-/m1/s1. The highest BCUT2D eigenvalue weighted by Crippen LogP contribution is 2.38. The minimum atomic E-state index is 0.0476. The zero-order valence-corrected chi connectivity index (χ0v) is 13.9. The van der Waals surface area contributed by atoms with E-state index in [4.69, 9.17) is 4.52 Å². The lowest BCUT2D eigenvalue weighted by atomic mass is 9.94. The molecule has 0 unspecified atom stereocenters. The van der Waals surface area contributed by atoms with Crippen molar-refractivity contribution in [2.45, 2.75) is 44.9 Å². The van der Waals surface area contributed by atoms with Gasteiger partial charge >= 0.3 is 0 Å². The molecular formula is C15H19N5O2S. The molecule has 0 radical (unpaired) electrons. The highest BCUT2D eigenvalue weighted by molar-refractivity contribution is 7.07. The SMILES string of the molecule is Cc1nnsc1C(=O)N1CCC[C@H](Cc2nc(C3CC3)no2)C1. The van der Waals surface area contributed by atoms with Crippen LogP contribution in [0.3, 0.4) is 0 Å². The Kier molecular flexibility index (Phi) is 3.84. The summed E-state index contributed by atoms with van der Waals surface area (Å²) in [6, 6.07) is 0. The molecule has 3 heterocycles. The Balaban J connectivity index is 1.40. The maximum atomic E-state index is 12.6. The van der Waals surface area contributed by atoms with Gasteiger partial charge in [-0.25, -0.2) is 0 Å². The first-order valence-corrected chi connectivity index (χ1v) is 8.88. The van der Waals surface area contributed by atoms with Crippen LogP contribution >= 0.6 is 11.5 Å². The molecule has 1 amide bonds. The predicted octanol–water partition coefficient (Wildman–Crippen LogP) is 2.20. The molecule has 1 aliphatic heterocycles. The van der Waals surface area contributed by atoms with E-state index in [9.17, 15) is 4.79 Å². The molecule has 0 N–H and O–H groups in total. The molecule has 1 aliphatic carbocycles. The van der Waals surface area contributed by atoms with E-state index in [-0.39, 0.29) is 5.91 Å². The molecule has 2 aromatic heterocycles. The fraction of sp³-hybridized carbons (Fsp3) is 0.667.